The van der Waals surface area contributed by atoms with Gasteiger partial charge in [0.25, 0.3) is 11.5 Å². The third kappa shape index (κ3) is 4.83. The van der Waals surface area contributed by atoms with E-state index >= 15 is 0 Å². The highest BCUT2D eigenvalue weighted by Gasteiger charge is 2.43. The first kappa shape index (κ1) is 21.0. The second kappa shape index (κ2) is 8.75. The maximum absolute atomic E-state index is 14.7. The van der Waals surface area contributed by atoms with Gasteiger partial charge >= 0.3 is 0 Å². The molecule has 1 aromatic carbocycles. The number of hydroxylamine groups is 1. The Labute approximate surface area is 169 Å². The van der Waals surface area contributed by atoms with E-state index in [9.17, 15) is 22.4 Å². The number of ether oxygens (including phenoxy) is 1. The summed E-state index contributed by atoms with van der Waals surface area (Å²) in [6, 6.07) is 7.59. The monoisotopic (exact) mass is 427 g/mol. The molecule has 0 unspecified atom stereocenters. The Bertz CT molecular complexity index is 1090. The molecule has 0 aliphatic rings. The second-order valence-electron chi connectivity index (χ2n) is 6.68. The lowest BCUT2D eigenvalue weighted by Crippen LogP contribution is -2.50. The Morgan fingerprint density at radius 2 is 2.00 bits per heavy atom. The van der Waals surface area contributed by atoms with Crippen molar-refractivity contribution in [3.63, 3.8) is 0 Å². The largest absolute Gasteiger partial charge is 0.494 e. The van der Waals surface area contributed by atoms with E-state index in [0.29, 0.717) is 17.9 Å². The van der Waals surface area contributed by atoms with Crippen molar-refractivity contribution in [1.29, 1.82) is 0 Å². The fraction of sp³-hybridized carbons (Fsp3) is 0.368. The summed E-state index contributed by atoms with van der Waals surface area (Å²) in [6.07, 6.45) is 1.27. The SMILES string of the molecule is [2H]N(O)C(=O)[C@@](C)(CCn1cc(F)c(-c2ccc(OCC)cc2)cc1=O)S(C)(=O)=O. The number of hydrogen-bond donors (Lipinski definition) is 2. The summed E-state index contributed by atoms with van der Waals surface area (Å²) >= 11 is 0. The third-order valence-corrected chi connectivity index (χ3v) is 6.76. The number of hydrogen-bond acceptors (Lipinski definition) is 6. The molecule has 0 radical (unpaired) electrons. The quantitative estimate of drug-likeness (QED) is 0.490. The van der Waals surface area contributed by atoms with Gasteiger partial charge in [0.1, 0.15) is 11.6 Å². The van der Waals surface area contributed by atoms with Crippen LogP contribution in [0, 0.1) is 5.82 Å². The summed E-state index contributed by atoms with van der Waals surface area (Å²) in [5.74, 6) is -1.48. The molecule has 158 valence electrons. The van der Waals surface area contributed by atoms with Crippen molar-refractivity contribution in [3.05, 3.63) is 52.7 Å². The van der Waals surface area contributed by atoms with Crippen molar-refractivity contribution in [2.75, 3.05) is 12.9 Å². The van der Waals surface area contributed by atoms with Crippen LogP contribution in [0.15, 0.2) is 41.3 Å². The molecular weight excluding hydrogens is 403 g/mol. The van der Waals surface area contributed by atoms with E-state index in [1.165, 1.54) is 0 Å². The van der Waals surface area contributed by atoms with E-state index in [2.05, 4.69) is 0 Å². The number of aryl methyl sites for hydroxylation is 1. The number of nitrogens with zero attached hydrogens (tertiary/aromatic N) is 1. The number of benzene rings is 1. The molecule has 0 saturated heterocycles. The van der Waals surface area contributed by atoms with Gasteiger partial charge in [-0.1, -0.05) is 12.1 Å². The van der Waals surface area contributed by atoms with Crippen molar-refractivity contribution in [1.82, 2.24) is 10.0 Å². The smallest absolute Gasteiger partial charge is 0.264 e. The summed E-state index contributed by atoms with van der Waals surface area (Å²) < 4.78 is 49.9. The summed E-state index contributed by atoms with van der Waals surface area (Å²) in [5, 5.41) is 9.08. The Morgan fingerprint density at radius 1 is 1.38 bits per heavy atom. The first-order chi connectivity index (χ1) is 13.9. The van der Waals surface area contributed by atoms with Gasteiger partial charge in [-0.15, -0.1) is 0 Å². The Morgan fingerprint density at radius 3 is 2.52 bits per heavy atom. The number of carbonyl (C=O) groups is 1. The third-order valence-electron chi connectivity index (χ3n) is 4.75. The van der Waals surface area contributed by atoms with Gasteiger partial charge in [0.05, 0.1) is 6.61 Å². The van der Waals surface area contributed by atoms with Crippen LogP contribution in [0.5, 0.6) is 5.75 Å². The van der Waals surface area contributed by atoms with Crippen LogP contribution in [0.1, 0.15) is 20.3 Å². The minimum atomic E-state index is -4.05. The van der Waals surface area contributed by atoms with Crippen molar-refractivity contribution >= 4 is 15.7 Å². The number of carbonyl (C=O) groups excluding carboxylic acids is 1. The zero-order valence-electron chi connectivity index (χ0n) is 17.3. The van der Waals surface area contributed by atoms with Crippen LogP contribution >= 0.6 is 0 Å². The molecule has 2 rings (SSSR count). The van der Waals surface area contributed by atoms with Crippen LogP contribution in [0.25, 0.3) is 11.1 Å². The highest BCUT2D eigenvalue weighted by atomic mass is 32.2. The van der Waals surface area contributed by atoms with Crippen LogP contribution in [-0.2, 0) is 21.2 Å². The van der Waals surface area contributed by atoms with E-state index in [-0.39, 0.29) is 12.1 Å². The number of aromatic nitrogens is 1. The molecule has 1 aromatic heterocycles. The number of halogens is 1. The fourth-order valence-electron chi connectivity index (χ4n) is 2.73. The summed E-state index contributed by atoms with van der Waals surface area (Å²) in [6.45, 7) is 3.03. The molecule has 29 heavy (non-hydrogen) atoms. The van der Waals surface area contributed by atoms with E-state index in [1.54, 1.807) is 24.3 Å². The number of rotatable bonds is 8. The molecule has 10 heteroatoms. The van der Waals surface area contributed by atoms with Gasteiger partial charge in [0, 0.05) is 30.6 Å². The van der Waals surface area contributed by atoms with E-state index in [4.69, 9.17) is 11.4 Å². The van der Waals surface area contributed by atoms with Gasteiger partial charge in [-0.3, -0.25) is 14.8 Å². The van der Waals surface area contributed by atoms with Crippen LogP contribution in [0.2, 0.25) is 1.41 Å². The predicted octanol–water partition coefficient (Wildman–Crippen LogP) is 1.75. The van der Waals surface area contributed by atoms with Gasteiger partial charge in [-0.2, -0.15) is 0 Å². The number of sulfone groups is 1. The fourth-order valence-corrected chi connectivity index (χ4v) is 3.55. The first-order valence-corrected chi connectivity index (χ1v) is 10.6. The van der Waals surface area contributed by atoms with Crippen LogP contribution in [0.4, 0.5) is 4.39 Å². The Hall–Kier alpha value is -2.72. The van der Waals surface area contributed by atoms with Crippen molar-refractivity contribution in [2.45, 2.75) is 31.6 Å². The lowest BCUT2D eigenvalue weighted by atomic mass is 10.1. The zero-order chi connectivity index (χ0) is 22.7. The van der Waals surface area contributed by atoms with E-state index in [1.807, 2.05) is 6.92 Å². The highest BCUT2D eigenvalue weighted by molar-refractivity contribution is 7.92. The molecule has 0 bridgehead atoms. The molecule has 1 heterocycles. The average Bonchev–Trinajstić information content (AvgIpc) is 2.67. The van der Waals surface area contributed by atoms with E-state index < -0.39 is 43.8 Å². The van der Waals surface area contributed by atoms with E-state index in [0.717, 1.165) is 30.0 Å². The molecule has 0 saturated carbocycles. The topological polar surface area (TPSA) is 115 Å². The average molecular weight is 427 g/mol. The summed E-state index contributed by atoms with van der Waals surface area (Å²) in [5.41, 5.74) is -0.634. The molecule has 2 aromatic rings. The van der Waals surface area contributed by atoms with Crippen LogP contribution in [-0.4, -0.2) is 41.7 Å². The normalized spacial score (nSPS) is 14.0. The van der Waals surface area contributed by atoms with Gasteiger partial charge in [0.2, 0.25) is 0 Å². The molecule has 8 nitrogen and oxygen atoms in total. The zero-order valence-corrected chi connectivity index (χ0v) is 17.1. The molecule has 0 aliphatic heterocycles. The van der Waals surface area contributed by atoms with Gasteiger partial charge in [-0.25, -0.2) is 18.3 Å². The molecule has 0 spiro atoms. The molecule has 0 fully saturated rings. The minimum Gasteiger partial charge on any atom is -0.494 e. The lowest BCUT2D eigenvalue weighted by Gasteiger charge is -2.25. The molecule has 2 N–H and O–H groups in total. The summed E-state index contributed by atoms with van der Waals surface area (Å²) in [7, 11) is -4.05. The number of amides is 1. The minimum absolute atomic E-state index is 0.0638. The lowest BCUT2D eigenvalue weighted by molar-refractivity contribution is -0.131. The Kier molecular flexibility index (Phi) is 6.33. The second-order valence-corrected chi connectivity index (χ2v) is 9.13. The maximum Gasteiger partial charge on any atom is 0.264 e. The number of nitrogens with one attached hydrogen (secondary N) is 1. The highest BCUT2D eigenvalue weighted by Crippen LogP contribution is 2.25. The number of pyridine rings is 1. The van der Waals surface area contributed by atoms with Crippen LogP contribution < -0.4 is 15.8 Å². The standard InChI is InChI=1S/C19H23FN2O6S/c1-4-28-14-7-5-13(6-8-14)15-11-17(23)22(12-16(15)20)10-9-19(2,18(24)21-25)29(3,26)27/h5-8,11-12,25H,4,9-10H2,1-3H3,(H,21,24)/t19-/m1/s1/i/hD. The first-order valence-electron chi connectivity index (χ1n) is 9.20. The maximum atomic E-state index is 14.7. The van der Waals surface area contributed by atoms with Crippen LogP contribution in [0.3, 0.4) is 0 Å². The molecule has 0 aliphatic carbocycles. The van der Waals surface area contributed by atoms with Crippen molar-refractivity contribution in [2.24, 2.45) is 0 Å². The Balaban J connectivity index is 2.33. The molecule has 1 atom stereocenters. The van der Waals surface area contributed by atoms with Gasteiger partial charge in [-0.05, 0) is 38.0 Å². The summed E-state index contributed by atoms with van der Waals surface area (Å²) in [4.78, 5) is 24.5. The van der Waals surface area contributed by atoms with Crippen molar-refractivity contribution in [3.8, 4) is 16.9 Å². The van der Waals surface area contributed by atoms with Gasteiger partial charge < -0.3 is 9.30 Å². The van der Waals surface area contributed by atoms with Gasteiger partial charge in [0.15, 0.2) is 16.0 Å². The predicted molar refractivity (Wildman–Crippen MR) is 105 cm³/mol. The molecule has 1 amide bonds. The molecular formula is C19H23FN2O6S. The van der Waals surface area contributed by atoms with Crippen molar-refractivity contribution < 1.29 is 29.0 Å².